The van der Waals surface area contributed by atoms with E-state index in [1.165, 1.54) is 18.2 Å². The molecule has 0 fully saturated rings. The lowest BCUT2D eigenvalue weighted by Crippen LogP contribution is -2.38. The first kappa shape index (κ1) is 12.7. The number of benzene rings is 1. The molecule has 1 aromatic rings. The summed E-state index contributed by atoms with van der Waals surface area (Å²) in [7, 11) is 0. The minimum atomic E-state index is -0.576. The Balaban J connectivity index is 2.98. The molecular weight excluding hydrogens is 232 g/mol. The second-order valence-corrected chi connectivity index (χ2v) is 4.53. The Hall–Kier alpha value is -1.33. The molecule has 0 bridgehead atoms. The van der Waals surface area contributed by atoms with Gasteiger partial charge in [-0.2, -0.15) is 0 Å². The molecule has 0 heterocycles. The van der Waals surface area contributed by atoms with E-state index in [1.807, 2.05) is 0 Å². The highest BCUT2D eigenvalue weighted by Gasteiger charge is 2.20. The highest BCUT2D eigenvalue weighted by molar-refractivity contribution is 6.32. The molecule has 0 saturated carbocycles. The van der Waals surface area contributed by atoms with Crippen LogP contribution in [0.15, 0.2) is 18.2 Å². The van der Waals surface area contributed by atoms with E-state index in [4.69, 9.17) is 22.1 Å². The third-order valence-corrected chi connectivity index (χ3v) is 2.03. The SMILES string of the molecule is CC(C)(N)COc1c(Cl)cccc1[N+](=O)[O-]. The average molecular weight is 245 g/mol. The van der Waals surface area contributed by atoms with Crippen LogP contribution in [0.2, 0.25) is 5.02 Å². The lowest BCUT2D eigenvalue weighted by Gasteiger charge is -2.19. The Morgan fingerprint density at radius 2 is 2.19 bits per heavy atom. The van der Waals surface area contributed by atoms with Gasteiger partial charge in [0.1, 0.15) is 6.61 Å². The van der Waals surface area contributed by atoms with Gasteiger partial charge in [-0.25, -0.2) is 0 Å². The van der Waals surface area contributed by atoms with Crippen LogP contribution in [-0.4, -0.2) is 17.1 Å². The van der Waals surface area contributed by atoms with Gasteiger partial charge in [0.2, 0.25) is 5.75 Å². The van der Waals surface area contributed by atoms with Gasteiger partial charge < -0.3 is 10.5 Å². The van der Waals surface area contributed by atoms with Crippen LogP contribution >= 0.6 is 11.6 Å². The zero-order valence-corrected chi connectivity index (χ0v) is 9.82. The zero-order chi connectivity index (χ0) is 12.3. The molecule has 0 aliphatic heterocycles. The molecule has 1 aromatic carbocycles. The van der Waals surface area contributed by atoms with Crippen LogP contribution in [0.4, 0.5) is 5.69 Å². The number of nitro groups is 1. The van der Waals surface area contributed by atoms with Crippen LogP contribution in [-0.2, 0) is 0 Å². The Labute approximate surface area is 98.3 Å². The summed E-state index contributed by atoms with van der Waals surface area (Å²) < 4.78 is 5.30. The molecule has 0 atom stereocenters. The van der Waals surface area contributed by atoms with E-state index in [9.17, 15) is 10.1 Å². The molecular formula is C10H13ClN2O3. The fourth-order valence-electron chi connectivity index (χ4n) is 1.04. The predicted molar refractivity (Wildman–Crippen MR) is 61.9 cm³/mol. The second kappa shape index (κ2) is 4.67. The van der Waals surface area contributed by atoms with Crippen molar-refractivity contribution in [1.82, 2.24) is 0 Å². The van der Waals surface area contributed by atoms with E-state index in [2.05, 4.69) is 0 Å². The van der Waals surface area contributed by atoms with Crippen molar-refractivity contribution in [3.8, 4) is 5.75 Å². The molecule has 0 spiro atoms. The Morgan fingerprint density at radius 1 is 1.56 bits per heavy atom. The Morgan fingerprint density at radius 3 is 2.69 bits per heavy atom. The maximum atomic E-state index is 10.7. The lowest BCUT2D eigenvalue weighted by atomic mass is 10.1. The topological polar surface area (TPSA) is 78.4 Å². The molecule has 0 aromatic heterocycles. The normalized spacial score (nSPS) is 11.2. The predicted octanol–water partition coefficient (Wildman–Crippen LogP) is 2.36. The number of para-hydroxylation sites is 1. The number of nitro benzene ring substituents is 1. The third kappa shape index (κ3) is 3.36. The van der Waals surface area contributed by atoms with Gasteiger partial charge in [0.15, 0.2) is 0 Å². The quantitative estimate of drug-likeness (QED) is 0.651. The Bertz CT molecular complexity index is 402. The van der Waals surface area contributed by atoms with Gasteiger partial charge in [-0.15, -0.1) is 0 Å². The standard InChI is InChI=1S/C10H13ClN2O3/c1-10(2,12)6-16-9-7(11)4-3-5-8(9)13(14)15/h3-5H,6,12H2,1-2H3. The fourth-order valence-corrected chi connectivity index (χ4v) is 1.27. The van der Waals surface area contributed by atoms with Crippen molar-refractivity contribution < 1.29 is 9.66 Å². The van der Waals surface area contributed by atoms with Crippen LogP contribution in [0.1, 0.15) is 13.8 Å². The lowest BCUT2D eigenvalue weighted by molar-refractivity contribution is -0.385. The Kier molecular flexibility index (Phi) is 3.72. The van der Waals surface area contributed by atoms with Crippen molar-refractivity contribution in [2.24, 2.45) is 5.73 Å². The van der Waals surface area contributed by atoms with Crippen LogP contribution in [0.3, 0.4) is 0 Å². The van der Waals surface area contributed by atoms with Crippen LogP contribution in [0.5, 0.6) is 5.75 Å². The molecule has 0 aliphatic carbocycles. The number of ether oxygens (including phenoxy) is 1. The summed E-state index contributed by atoms with van der Waals surface area (Å²) in [6.45, 7) is 3.67. The molecule has 6 heteroatoms. The number of nitrogens with two attached hydrogens (primary N) is 1. The number of rotatable bonds is 4. The van der Waals surface area contributed by atoms with Gasteiger partial charge in [0.25, 0.3) is 0 Å². The number of nitrogens with zero attached hydrogens (tertiary/aromatic N) is 1. The fraction of sp³-hybridized carbons (Fsp3) is 0.400. The maximum absolute atomic E-state index is 10.7. The van der Waals surface area contributed by atoms with E-state index in [-0.39, 0.29) is 23.1 Å². The first-order chi connectivity index (χ1) is 7.31. The van der Waals surface area contributed by atoms with Crippen LogP contribution < -0.4 is 10.5 Å². The van der Waals surface area contributed by atoms with Crippen molar-refractivity contribution >= 4 is 17.3 Å². The maximum Gasteiger partial charge on any atom is 0.312 e. The molecule has 0 radical (unpaired) electrons. The minimum Gasteiger partial charge on any atom is -0.484 e. The molecule has 1 rings (SSSR count). The summed E-state index contributed by atoms with van der Waals surface area (Å²) in [6, 6.07) is 4.37. The monoisotopic (exact) mass is 244 g/mol. The summed E-state index contributed by atoms with van der Waals surface area (Å²) in [5.41, 5.74) is 4.99. The number of hydrogen-bond acceptors (Lipinski definition) is 4. The van der Waals surface area contributed by atoms with Crippen molar-refractivity contribution in [3.05, 3.63) is 33.3 Å². The summed E-state index contributed by atoms with van der Waals surface area (Å²) in [6.07, 6.45) is 0. The molecule has 0 amide bonds. The van der Waals surface area contributed by atoms with Gasteiger partial charge >= 0.3 is 5.69 Å². The van der Waals surface area contributed by atoms with E-state index in [0.29, 0.717) is 0 Å². The first-order valence-electron chi connectivity index (χ1n) is 4.66. The smallest absolute Gasteiger partial charge is 0.312 e. The molecule has 0 saturated heterocycles. The number of hydrogen-bond donors (Lipinski definition) is 1. The van der Waals surface area contributed by atoms with E-state index in [0.717, 1.165) is 0 Å². The van der Waals surface area contributed by atoms with E-state index >= 15 is 0 Å². The second-order valence-electron chi connectivity index (χ2n) is 4.12. The first-order valence-corrected chi connectivity index (χ1v) is 5.03. The van der Waals surface area contributed by atoms with Crippen molar-refractivity contribution in [2.45, 2.75) is 19.4 Å². The molecule has 2 N–H and O–H groups in total. The minimum absolute atomic E-state index is 0.0627. The van der Waals surface area contributed by atoms with Crippen molar-refractivity contribution in [3.63, 3.8) is 0 Å². The number of halogens is 1. The van der Waals surface area contributed by atoms with Gasteiger partial charge in [-0.1, -0.05) is 17.7 Å². The summed E-state index contributed by atoms with van der Waals surface area (Å²) in [5, 5.41) is 10.9. The van der Waals surface area contributed by atoms with Crippen molar-refractivity contribution in [1.29, 1.82) is 0 Å². The molecule has 16 heavy (non-hydrogen) atoms. The zero-order valence-electron chi connectivity index (χ0n) is 9.07. The summed E-state index contributed by atoms with van der Waals surface area (Å²) in [4.78, 5) is 10.2. The summed E-state index contributed by atoms with van der Waals surface area (Å²) >= 11 is 5.83. The molecule has 0 unspecified atom stereocenters. The van der Waals surface area contributed by atoms with Gasteiger partial charge in [-0.05, 0) is 19.9 Å². The molecule has 88 valence electrons. The van der Waals surface area contributed by atoms with Gasteiger partial charge in [0.05, 0.1) is 9.95 Å². The van der Waals surface area contributed by atoms with Gasteiger partial charge in [0, 0.05) is 11.6 Å². The van der Waals surface area contributed by atoms with Gasteiger partial charge in [-0.3, -0.25) is 10.1 Å². The molecule has 5 nitrogen and oxygen atoms in total. The van der Waals surface area contributed by atoms with Crippen LogP contribution in [0, 0.1) is 10.1 Å². The van der Waals surface area contributed by atoms with E-state index in [1.54, 1.807) is 13.8 Å². The third-order valence-electron chi connectivity index (χ3n) is 1.73. The molecule has 0 aliphatic rings. The average Bonchev–Trinajstić information content (AvgIpc) is 2.13. The van der Waals surface area contributed by atoms with E-state index < -0.39 is 10.5 Å². The highest BCUT2D eigenvalue weighted by atomic mass is 35.5. The van der Waals surface area contributed by atoms with Crippen molar-refractivity contribution in [2.75, 3.05) is 6.61 Å². The summed E-state index contributed by atoms with van der Waals surface area (Å²) in [5.74, 6) is 0.0627. The highest BCUT2D eigenvalue weighted by Crippen LogP contribution is 2.34. The largest absolute Gasteiger partial charge is 0.484 e. The van der Waals surface area contributed by atoms with Crippen LogP contribution in [0.25, 0.3) is 0 Å².